The van der Waals surface area contributed by atoms with Crippen molar-refractivity contribution in [3.05, 3.63) is 0 Å². The number of carbonyl (C=O) groups is 2. The summed E-state index contributed by atoms with van der Waals surface area (Å²) < 4.78 is 34.9. The first-order valence-electron chi connectivity index (χ1n) is 43.8. The molecule has 574 valence electrons. The Morgan fingerprint density at radius 2 is 0.469 bits per heavy atom. The summed E-state index contributed by atoms with van der Waals surface area (Å²) in [4.78, 5) is 36.0. The number of hydrogen-bond acceptors (Lipinski definition) is 7. The van der Waals surface area contributed by atoms with Crippen LogP contribution in [0.15, 0.2) is 0 Å². The Hall–Kier alpha value is -0.990. The zero-order chi connectivity index (χ0) is 69.7. The van der Waals surface area contributed by atoms with Crippen LogP contribution in [-0.4, -0.2) is 74.9 Å². The normalized spacial score (nSPS) is 12.9. The first kappa shape index (κ1) is 95.0. The molecule has 0 rings (SSSR count). The second-order valence-electron chi connectivity index (χ2n) is 31.7. The SMILES string of the molecule is CCCCCCCCCCCCCCCCCCCCCCCCCCCCCCCCCCCCCCC(=O)OC[C@H](COP(=O)(O)OCC[N+](C)(C)C)OC(=O)CCCCCCCCCCCCCCCCCCCCCCCCCCCCCCCCCCCCCC. The summed E-state index contributed by atoms with van der Waals surface area (Å²) in [6, 6.07) is 0. The lowest BCUT2D eigenvalue weighted by Gasteiger charge is -2.24. The van der Waals surface area contributed by atoms with E-state index in [2.05, 4.69) is 13.8 Å². The van der Waals surface area contributed by atoms with Crippen LogP contribution in [0.3, 0.4) is 0 Å². The Bertz CT molecular complexity index is 1570. The van der Waals surface area contributed by atoms with E-state index in [-0.39, 0.29) is 25.6 Å². The zero-order valence-electron chi connectivity index (χ0n) is 65.9. The number of phosphoric acid groups is 1. The van der Waals surface area contributed by atoms with E-state index in [9.17, 15) is 19.0 Å². The van der Waals surface area contributed by atoms with Crippen molar-refractivity contribution in [2.75, 3.05) is 47.5 Å². The fourth-order valence-corrected chi connectivity index (χ4v) is 14.7. The summed E-state index contributed by atoms with van der Waals surface area (Å²) in [5.74, 6) is -0.762. The summed E-state index contributed by atoms with van der Waals surface area (Å²) in [6.45, 7) is 4.55. The van der Waals surface area contributed by atoms with Gasteiger partial charge in [0.15, 0.2) is 6.10 Å². The second-order valence-corrected chi connectivity index (χ2v) is 33.1. The molecule has 10 heteroatoms. The Balaban J connectivity index is 3.83. The Labute approximate surface area is 601 Å². The minimum Gasteiger partial charge on any atom is -0.462 e. The summed E-state index contributed by atoms with van der Waals surface area (Å²) in [5, 5.41) is 0. The monoisotopic (exact) mass is 1380 g/mol. The van der Waals surface area contributed by atoms with Gasteiger partial charge in [-0.25, -0.2) is 4.57 Å². The fourth-order valence-electron chi connectivity index (χ4n) is 14.0. The third-order valence-electron chi connectivity index (χ3n) is 20.6. The molecule has 0 amide bonds. The largest absolute Gasteiger partial charge is 0.472 e. The van der Waals surface area contributed by atoms with Crippen molar-refractivity contribution >= 4 is 19.8 Å². The highest BCUT2D eigenvalue weighted by Crippen LogP contribution is 2.43. The topological polar surface area (TPSA) is 108 Å². The first-order valence-corrected chi connectivity index (χ1v) is 45.3. The van der Waals surface area contributed by atoms with Gasteiger partial charge in [-0.05, 0) is 12.8 Å². The Morgan fingerprint density at radius 3 is 0.667 bits per heavy atom. The number of phosphoric ester groups is 1. The minimum absolute atomic E-state index is 0.0379. The van der Waals surface area contributed by atoms with E-state index in [0.29, 0.717) is 17.4 Å². The van der Waals surface area contributed by atoms with Crippen LogP contribution in [0.2, 0.25) is 0 Å². The summed E-state index contributed by atoms with van der Waals surface area (Å²) in [7, 11) is 1.51. The molecule has 0 spiro atoms. The van der Waals surface area contributed by atoms with E-state index in [0.717, 1.165) is 38.5 Å². The van der Waals surface area contributed by atoms with Gasteiger partial charge in [-0.2, -0.15) is 0 Å². The maximum Gasteiger partial charge on any atom is 0.472 e. The molecule has 0 aromatic rings. The number of quaternary nitrogens is 1. The highest BCUT2D eigenvalue weighted by Gasteiger charge is 2.27. The van der Waals surface area contributed by atoms with Crippen molar-refractivity contribution in [2.24, 2.45) is 0 Å². The van der Waals surface area contributed by atoms with Gasteiger partial charge in [0, 0.05) is 12.8 Å². The van der Waals surface area contributed by atoms with E-state index < -0.39 is 26.5 Å². The van der Waals surface area contributed by atoms with Crippen LogP contribution in [-0.2, 0) is 32.7 Å². The van der Waals surface area contributed by atoms with Crippen LogP contribution in [0.4, 0.5) is 0 Å². The second kappa shape index (κ2) is 78.2. The van der Waals surface area contributed by atoms with Gasteiger partial charge >= 0.3 is 19.8 Å². The smallest absolute Gasteiger partial charge is 0.462 e. The van der Waals surface area contributed by atoms with Crippen molar-refractivity contribution in [3.8, 4) is 0 Å². The third-order valence-corrected chi connectivity index (χ3v) is 21.6. The molecule has 2 atom stereocenters. The van der Waals surface area contributed by atoms with Crippen molar-refractivity contribution in [2.45, 2.75) is 495 Å². The number of hydrogen-bond donors (Lipinski definition) is 1. The van der Waals surface area contributed by atoms with E-state index in [1.165, 1.54) is 424 Å². The molecule has 0 aromatic heterocycles. The fraction of sp³-hybridized carbons (Fsp3) is 0.977. The highest BCUT2D eigenvalue weighted by atomic mass is 31.2. The number of carbonyl (C=O) groups excluding carboxylic acids is 2. The summed E-state index contributed by atoms with van der Waals surface area (Å²) in [5.41, 5.74) is 0. The van der Waals surface area contributed by atoms with Gasteiger partial charge in [-0.3, -0.25) is 18.6 Å². The van der Waals surface area contributed by atoms with Crippen molar-refractivity contribution in [3.63, 3.8) is 0 Å². The molecule has 96 heavy (non-hydrogen) atoms. The van der Waals surface area contributed by atoms with Crippen LogP contribution in [0, 0.1) is 0 Å². The highest BCUT2D eigenvalue weighted by molar-refractivity contribution is 7.47. The van der Waals surface area contributed by atoms with Crippen LogP contribution in [0.25, 0.3) is 0 Å². The number of esters is 2. The average Bonchev–Trinajstić information content (AvgIpc) is 1.43. The molecule has 1 N–H and O–H groups in total. The van der Waals surface area contributed by atoms with Crippen LogP contribution in [0.1, 0.15) is 489 Å². The molecule has 0 aliphatic heterocycles. The van der Waals surface area contributed by atoms with E-state index in [4.69, 9.17) is 18.5 Å². The van der Waals surface area contributed by atoms with Gasteiger partial charge < -0.3 is 18.9 Å². The lowest BCUT2D eigenvalue weighted by molar-refractivity contribution is -0.870. The van der Waals surface area contributed by atoms with Crippen molar-refractivity contribution in [1.29, 1.82) is 0 Å². The number of rotatable bonds is 84. The lowest BCUT2D eigenvalue weighted by atomic mass is 10.0. The maximum atomic E-state index is 12.9. The van der Waals surface area contributed by atoms with Gasteiger partial charge in [0.2, 0.25) is 0 Å². The van der Waals surface area contributed by atoms with Gasteiger partial charge in [0.25, 0.3) is 0 Å². The summed E-state index contributed by atoms with van der Waals surface area (Å²) in [6.07, 6.45) is 98.7. The Kier molecular flexibility index (Phi) is 77.3. The van der Waals surface area contributed by atoms with Gasteiger partial charge in [-0.1, -0.05) is 463 Å². The minimum atomic E-state index is -4.39. The molecule has 0 radical (unpaired) electrons. The van der Waals surface area contributed by atoms with Crippen molar-refractivity contribution < 1.29 is 42.1 Å². The van der Waals surface area contributed by atoms with E-state index in [1.54, 1.807) is 0 Å². The number of likely N-dealkylation sites (N-methyl/N-ethyl adjacent to an activating group) is 1. The predicted molar refractivity (Wildman–Crippen MR) is 418 cm³/mol. The number of nitrogens with zero attached hydrogens (tertiary/aromatic N) is 1. The number of ether oxygens (including phenoxy) is 2. The number of unbranched alkanes of at least 4 members (excludes halogenated alkanes) is 70. The molecule has 9 nitrogen and oxygen atoms in total. The molecule has 0 saturated heterocycles. The Morgan fingerprint density at radius 1 is 0.281 bits per heavy atom. The predicted octanol–water partition coefficient (Wildman–Crippen LogP) is 29.2. The molecule has 0 saturated carbocycles. The van der Waals surface area contributed by atoms with Crippen LogP contribution >= 0.6 is 7.82 Å². The molecular weight excluding hydrogens is 1210 g/mol. The van der Waals surface area contributed by atoms with Gasteiger partial charge in [-0.15, -0.1) is 0 Å². The molecule has 0 aliphatic carbocycles. The molecule has 0 aromatic carbocycles. The molecule has 0 bridgehead atoms. The molecule has 0 aliphatic rings. The van der Waals surface area contributed by atoms with Crippen LogP contribution in [0.5, 0.6) is 0 Å². The zero-order valence-corrected chi connectivity index (χ0v) is 66.8. The first-order chi connectivity index (χ1) is 47.0. The van der Waals surface area contributed by atoms with E-state index in [1.807, 2.05) is 21.1 Å². The molecular formula is C86H173NO8P+. The summed E-state index contributed by atoms with van der Waals surface area (Å²) >= 11 is 0. The maximum absolute atomic E-state index is 12.9. The third kappa shape index (κ3) is 82.0. The standard InChI is InChI=1S/C86H172NO8P/c1-6-8-10-12-14-16-18-20-22-24-26-28-30-32-34-36-38-40-42-44-46-48-50-52-54-56-58-60-62-64-66-68-70-72-74-76-78-85(88)92-82-84(83-94-96(90,91)93-81-80-87(3,4)5)95-86(89)79-77-75-73-71-69-67-65-63-61-59-57-55-53-51-49-47-45-43-41-39-37-35-33-31-29-27-25-23-21-19-17-15-13-11-9-7-2/h84H,6-83H2,1-5H3/p+1/t84-/m1/s1. The van der Waals surface area contributed by atoms with Gasteiger partial charge in [0.1, 0.15) is 19.8 Å². The average molecular weight is 1380 g/mol. The van der Waals surface area contributed by atoms with Crippen LogP contribution < -0.4 is 0 Å². The quantitative estimate of drug-likeness (QED) is 0.0278. The molecule has 0 fully saturated rings. The lowest BCUT2D eigenvalue weighted by Crippen LogP contribution is -2.37. The van der Waals surface area contributed by atoms with Gasteiger partial charge in [0.05, 0.1) is 27.7 Å². The molecule has 1 unspecified atom stereocenters. The van der Waals surface area contributed by atoms with Crippen molar-refractivity contribution in [1.82, 2.24) is 0 Å². The molecule has 0 heterocycles. The van der Waals surface area contributed by atoms with E-state index >= 15 is 0 Å².